The van der Waals surface area contributed by atoms with E-state index in [4.69, 9.17) is 0 Å². The first-order valence-corrected chi connectivity index (χ1v) is 6.50. The van der Waals surface area contributed by atoms with Gasteiger partial charge in [-0.3, -0.25) is 4.98 Å². The van der Waals surface area contributed by atoms with Gasteiger partial charge in [-0.15, -0.1) is 0 Å². The summed E-state index contributed by atoms with van der Waals surface area (Å²) in [5.41, 5.74) is 3.05. The second kappa shape index (κ2) is 5.98. The van der Waals surface area contributed by atoms with E-state index in [1.165, 1.54) is 5.56 Å². The fraction of sp³-hybridized carbons (Fsp3) is 0.214. The van der Waals surface area contributed by atoms with Crippen LogP contribution in [0.5, 0.6) is 0 Å². The number of pyridine rings is 1. The number of anilines is 1. The molecule has 0 fully saturated rings. The van der Waals surface area contributed by atoms with Crippen molar-refractivity contribution >= 4 is 21.6 Å². The lowest BCUT2D eigenvalue weighted by Crippen LogP contribution is -2.18. The minimum atomic E-state index is 0.00345. The van der Waals surface area contributed by atoms with E-state index in [1.54, 1.807) is 12.4 Å². The van der Waals surface area contributed by atoms with Crippen LogP contribution in [0.3, 0.4) is 0 Å². The average Bonchev–Trinajstić information content (AvgIpc) is 2.41. The molecule has 0 bridgehead atoms. The molecule has 0 aliphatic heterocycles. The summed E-state index contributed by atoms with van der Waals surface area (Å²) in [5, 5.41) is 9.31. The number of aliphatic hydroxyl groups excluding tert-OH is 1. The lowest BCUT2D eigenvalue weighted by atomic mass is 10.2. The number of aliphatic hydroxyl groups is 1. The minimum Gasteiger partial charge on any atom is -0.392 e. The Morgan fingerprint density at radius 3 is 2.72 bits per heavy atom. The quantitative estimate of drug-likeness (QED) is 0.943. The molecule has 2 rings (SSSR count). The first-order chi connectivity index (χ1) is 8.72. The molecule has 2 aromatic rings. The number of halogens is 1. The van der Waals surface area contributed by atoms with Gasteiger partial charge in [-0.25, -0.2) is 0 Å². The van der Waals surface area contributed by atoms with Gasteiger partial charge < -0.3 is 10.0 Å². The molecule has 0 atom stereocenters. The fourth-order valence-electron chi connectivity index (χ4n) is 1.88. The summed E-state index contributed by atoms with van der Waals surface area (Å²) < 4.78 is 1.09. The molecule has 3 nitrogen and oxygen atoms in total. The van der Waals surface area contributed by atoms with E-state index in [0.717, 1.165) is 22.3 Å². The maximum absolute atomic E-state index is 9.31. The first kappa shape index (κ1) is 13.1. The van der Waals surface area contributed by atoms with Crippen LogP contribution in [0, 0.1) is 0 Å². The zero-order valence-corrected chi connectivity index (χ0v) is 11.8. The zero-order valence-electron chi connectivity index (χ0n) is 10.2. The molecule has 0 spiro atoms. The number of hydrogen-bond acceptors (Lipinski definition) is 3. The molecule has 1 heterocycles. The SMILES string of the molecule is CN(Cc1ccccc1Br)c1ccncc1CO. The molecule has 4 heteroatoms. The number of nitrogens with zero attached hydrogens (tertiary/aromatic N) is 2. The summed E-state index contributed by atoms with van der Waals surface area (Å²) >= 11 is 3.54. The summed E-state index contributed by atoms with van der Waals surface area (Å²) in [7, 11) is 2.01. The maximum Gasteiger partial charge on any atom is 0.0717 e. The Hall–Kier alpha value is -1.39. The van der Waals surface area contributed by atoms with Gasteiger partial charge in [0.2, 0.25) is 0 Å². The Morgan fingerprint density at radius 2 is 2.00 bits per heavy atom. The van der Waals surface area contributed by atoms with E-state index < -0.39 is 0 Å². The van der Waals surface area contributed by atoms with Gasteiger partial charge in [0.25, 0.3) is 0 Å². The minimum absolute atomic E-state index is 0.00345. The largest absolute Gasteiger partial charge is 0.392 e. The van der Waals surface area contributed by atoms with Crippen molar-refractivity contribution in [3.63, 3.8) is 0 Å². The Kier molecular flexibility index (Phi) is 4.33. The molecule has 1 aromatic heterocycles. The van der Waals surface area contributed by atoms with Crippen LogP contribution in [0.25, 0.3) is 0 Å². The smallest absolute Gasteiger partial charge is 0.0717 e. The number of aromatic nitrogens is 1. The molecule has 0 aliphatic carbocycles. The molecule has 0 unspecified atom stereocenters. The maximum atomic E-state index is 9.31. The van der Waals surface area contributed by atoms with Crippen molar-refractivity contribution in [3.8, 4) is 0 Å². The third-order valence-electron chi connectivity index (χ3n) is 2.82. The number of benzene rings is 1. The predicted octanol–water partition coefficient (Wildman–Crippen LogP) is 2.97. The summed E-state index contributed by atoms with van der Waals surface area (Å²) in [6, 6.07) is 10.1. The highest BCUT2D eigenvalue weighted by Gasteiger charge is 2.08. The molecule has 94 valence electrons. The second-order valence-electron chi connectivity index (χ2n) is 4.11. The molecular weight excluding hydrogens is 292 g/mol. The van der Waals surface area contributed by atoms with Gasteiger partial charge in [0.15, 0.2) is 0 Å². The number of hydrogen-bond donors (Lipinski definition) is 1. The van der Waals surface area contributed by atoms with Crippen molar-refractivity contribution in [1.82, 2.24) is 4.98 Å². The first-order valence-electron chi connectivity index (χ1n) is 5.70. The summed E-state index contributed by atoms with van der Waals surface area (Å²) in [6.07, 6.45) is 3.44. The molecular formula is C14H15BrN2O. The van der Waals surface area contributed by atoms with E-state index in [-0.39, 0.29) is 6.61 Å². The molecule has 0 amide bonds. The zero-order chi connectivity index (χ0) is 13.0. The molecule has 0 saturated heterocycles. The highest BCUT2D eigenvalue weighted by Crippen LogP contribution is 2.23. The van der Waals surface area contributed by atoms with Crippen LogP contribution in [0.15, 0.2) is 47.2 Å². The van der Waals surface area contributed by atoms with E-state index in [1.807, 2.05) is 31.3 Å². The Labute approximate surface area is 115 Å². The Balaban J connectivity index is 2.22. The van der Waals surface area contributed by atoms with Crippen LogP contribution in [0.4, 0.5) is 5.69 Å². The van der Waals surface area contributed by atoms with Crippen LogP contribution in [-0.2, 0) is 13.2 Å². The van der Waals surface area contributed by atoms with Crippen LogP contribution in [-0.4, -0.2) is 17.1 Å². The third-order valence-corrected chi connectivity index (χ3v) is 3.60. The van der Waals surface area contributed by atoms with Gasteiger partial charge in [-0.05, 0) is 17.7 Å². The van der Waals surface area contributed by atoms with E-state index in [2.05, 4.69) is 31.9 Å². The van der Waals surface area contributed by atoms with Crippen LogP contribution in [0.2, 0.25) is 0 Å². The van der Waals surface area contributed by atoms with Crippen molar-refractivity contribution in [2.45, 2.75) is 13.2 Å². The molecule has 0 aliphatic rings. The van der Waals surface area contributed by atoms with Crippen LogP contribution < -0.4 is 4.90 Å². The van der Waals surface area contributed by atoms with Gasteiger partial charge in [0.05, 0.1) is 6.61 Å². The van der Waals surface area contributed by atoms with Crippen molar-refractivity contribution in [2.75, 3.05) is 11.9 Å². The highest BCUT2D eigenvalue weighted by molar-refractivity contribution is 9.10. The van der Waals surface area contributed by atoms with Gasteiger partial charge in [-0.2, -0.15) is 0 Å². The number of rotatable bonds is 4. The lowest BCUT2D eigenvalue weighted by Gasteiger charge is -2.22. The normalized spacial score (nSPS) is 10.4. The van der Waals surface area contributed by atoms with Crippen molar-refractivity contribution in [2.24, 2.45) is 0 Å². The van der Waals surface area contributed by atoms with Crippen molar-refractivity contribution < 1.29 is 5.11 Å². The standard InChI is InChI=1S/C14H15BrN2O/c1-17(9-11-4-2-3-5-13(11)15)14-6-7-16-8-12(14)10-18/h2-8,18H,9-10H2,1H3. The highest BCUT2D eigenvalue weighted by atomic mass is 79.9. The lowest BCUT2D eigenvalue weighted by molar-refractivity contribution is 0.281. The monoisotopic (exact) mass is 306 g/mol. The molecule has 0 radical (unpaired) electrons. The average molecular weight is 307 g/mol. The predicted molar refractivity (Wildman–Crippen MR) is 76.4 cm³/mol. The van der Waals surface area contributed by atoms with Crippen molar-refractivity contribution in [3.05, 3.63) is 58.3 Å². The second-order valence-corrected chi connectivity index (χ2v) is 4.96. The van der Waals surface area contributed by atoms with Crippen LogP contribution >= 0.6 is 15.9 Å². The fourth-order valence-corrected chi connectivity index (χ4v) is 2.29. The topological polar surface area (TPSA) is 36.4 Å². The van der Waals surface area contributed by atoms with Gasteiger partial charge >= 0.3 is 0 Å². The van der Waals surface area contributed by atoms with Gasteiger partial charge in [0, 0.05) is 41.7 Å². The van der Waals surface area contributed by atoms with Crippen LogP contribution in [0.1, 0.15) is 11.1 Å². The van der Waals surface area contributed by atoms with Crippen molar-refractivity contribution in [1.29, 1.82) is 0 Å². The summed E-state index contributed by atoms with van der Waals surface area (Å²) in [5.74, 6) is 0. The van der Waals surface area contributed by atoms with E-state index >= 15 is 0 Å². The molecule has 0 saturated carbocycles. The molecule has 18 heavy (non-hydrogen) atoms. The summed E-state index contributed by atoms with van der Waals surface area (Å²) in [4.78, 5) is 6.13. The van der Waals surface area contributed by atoms with E-state index in [9.17, 15) is 5.11 Å². The van der Waals surface area contributed by atoms with Gasteiger partial charge in [0.1, 0.15) is 0 Å². The molecule has 1 N–H and O–H groups in total. The van der Waals surface area contributed by atoms with Gasteiger partial charge in [-0.1, -0.05) is 34.1 Å². The molecule has 1 aromatic carbocycles. The Bertz CT molecular complexity index is 531. The Morgan fingerprint density at radius 1 is 1.22 bits per heavy atom. The summed E-state index contributed by atoms with van der Waals surface area (Å²) in [6.45, 7) is 0.780. The third kappa shape index (κ3) is 2.89. The van der Waals surface area contributed by atoms with E-state index in [0.29, 0.717) is 0 Å².